The van der Waals surface area contributed by atoms with Gasteiger partial charge in [0.25, 0.3) is 5.89 Å². The first-order valence-corrected chi connectivity index (χ1v) is 10.6. The summed E-state index contributed by atoms with van der Waals surface area (Å²) in [5, 5.41) is 7.46. The molecule has 1 aromatic heterocycles. The Kier molecular flexibility index (Phi) is 6.13. The highest BCUT2D eigenvalue weighted by molar-refractivity contribution is 6.32. The summed E-state index contributed by atoms with van der Waals surface area (Å²) in [6.45, 7) is 7.01. The monoisotopic (exact) mass is 441 g/mol. The minimum atomic E-state index is -0.190. The number of halogens is 1. The Morgan fingerprint density at radius 2 is 2.03 bits per heavy atom. The van der Waals surface area contributed by atoms with Crippen LogP contribution in [-0.2, 0) is 11.2 Å². The van der Waals surface area contributed by atoms with E-state index in [1.807, 2.05) is 39.0 Å². The Hall–Kier alpha value is -3.06. The van der Waals surface area contributed by atoms with Gasteiger partial charge < -0.3 is 19.3 Å². The molecular formula is C23H24ClN3O4. The van der Waals surface area contributed by atoms with Crippen LogP contribution in [0.25, 0.3) is 11.5 Å². The number of carbonyl (C=O) groups excluding carboxylic acids is 1. The van der Waals surface area contributed by atoms with Crippen LogP contribution in [0.5, 0.6) is 11.5 Å². The average Bonchev–Trinajstić information content (AvgIpc) is 3.09. The molecule has 0 saturated carbocycles. The lowest BCUT2D eigenvalue weighted by Gasteiger charge is -2.14. The van der Waals surface area contributed by atoms with Gasteiger partial charge in [-0.2, -0.15) is 4.98 Å². The van der Waals surface area contributed by atoms with E-state index >= 15 is 0 Å². The second-order valence-electron chi connectivity index (χ2n) is 7.79. The van der Waals surface area contributed by atoms with Crippen molar-refractivity contribution in [2.75, 3.05) is 18.5 Å². The summed E-state index contributed by atoms with van der Waals surface area (Å²) < 4.78 is 16.8. The molecule has 0 bridgehead atoms. The number of ether oxygens (including phenoxy) is 2. The van der Waals surface area contributed by atoms with Crippen molar-refractivity contribution in [3.8, 4) is 23.0 Å². The Morgan fingerprint density at radius 3 is 2.81 bits per heavy atom. The van der Waals surface area contributed by atoms with Gasteiger partial charge in [-0.15, -0.1) is 0 Å². The van der Waals surface area contributed by atoms with Crippen LogP contribution in [0.3, 0.4) is 0 Å². The highest BCUT2D eigenvalue weighted by atomic mass is 35.5. The summed E-state index contributed by atoms with van der Waals surface area (Å²) in [6.07, 6.45) is 0.913. The molecule has 31 heavy (non-hydrogen) atoms. The van der Waals surface area contributed by atoms with Gasteiger partial charge in [0.2, 0.25) is 5.91 Å². The normalized spacial score (nSPS) is 13.2. The predicted molar refractivity (Wildman–Crippen MR) is 118 cm³/mol. The summed E-state index contributed by atoms with van der Waals surface area (Å²) in [7, 11) is 0. The quantitative estimate of drug-likeness (QED) is 0.588. The molecule has 0 saturated heterocycles. The number of hydrogen-bond donors (Lipinski definition) is 1. The lowest BCUT2D eigenvalue weighted by atomic mass is 10.1. The predicted octanol–water partition coefficient (Wildman–Crippen LogP) is 5.16. The molecule has 0 atom stereocenters. The summed E-state index contributed by atoms with van der Waals surface area (Å²) in [5.41, 5.74) is 2.96. The molecule has 2 heterocycles. The van der Waals surface area contributed by atoms with E-state index in [1.165, 1.54) is 0 Å². The number of hydrogen-bond acceptors (Lipinski definition) is 6. The number of fused-ring (bicyclic) bond motifs is 1. The van der Waals surface area contributed by atoms with Crippen LogP contribution in [0.1, 0.15) is 43.1 Å². The van der Waals surface area contributed by atoms with Crippen LogP contribution < -0.4 is 14.8 Å². The van der Waals surface area contributed by atoms with Crippen LogP contribution >= 0.6 is 11.6 Å². The largest absolute Gasteiger partial charge is 0.489 e. The smallest absolute Gasteiger partial charge is 0.260 e. The lowest BCUT2D eigenvalue weighted by molar-refractivity contribution is -0.115. The number of aromatic nitrogens is 2. The maximum atomic E-state index is 12.9. The van der Waals surface area contributed by atoms with Crippen molar-refractivity contribution >= 4 is 23.2 Å². The van der Waals surface area contributed by atoms with E-state index in [0.29, 0.717) is 52.7 Å². The highest BCUT2D eigenvalue weighted by Gasteiger charge is 2.20. The van der Waals surface area contributed by atoms with Crippen molar-refractivity contribution in [3.63, 3.8) is 0 Å². The molecule has 1 aliphatic heterocycles. The number of para-hydroxylation sites is 1. The Morgan fingerprint density at radius 1 is 1.23 bits per heavy atom. The maximum absolute atomic E-state index is 12.9. The van der Waals surface area contributed by atoms with Crippen molar-refractivity contribution in [1.82, 2.24) is 10.1 Å². The van der Waals surface area contributed by atoms with Crippen molar-refractivity contribution in [3.05, 3.63) is 52.3 Å². The fraction of sp³-hybridized carbons (Fsp3) is 0.348. The van der Waals surface area contributed by atoms with Crippen LogP contribution in [0.15, 0.2) is 34.9 Å². The van der Waals surface area contributed by atoms with Crippen LogP contribution in [0.4, 0.5) is 5.69 Å². The molecule has 1 aliphatic rings. The van der Waals surface area contributed by atoms with E-state index in [9.17, 15) is 4.79 Å². The van der Waals surface area contributed by atoms with Crippen molar-refractivity contribution in [2.45, 2.75) is 39.5 Å². The summed E-state index contributed by atoms with van der Waals surface area (Å²) in [6, 6.07) is 9.20. The zero-order valence-corrected chi connectivity index (χ0v) is 18.5. The molecule has 3 aromatic rings. The molecule has 7 nitrogen and oxygen atoms in total. The molecule has 0 fully saturated rings. The molecule has 162 valence electrons. The topological polar surface area (TPSA) is 86.5 Å². The SMILES string of the molecule is Cc1cccc(-c2nc(C(C)C)no2)c1NC(=O)Cc1cc(Cl)c2c(c1)OCCCO2. The molecular weight excluding hydrogens is 418 g/mol. The lowest BCUT2D eigenvalue weighted by Crippen LogP contribution is -2.16. The van der Waals surface area contributed by atoms with Gasteiger partial charge >= 0.3 is 0 Å². The van der Waals surface area contributed by atoms with Crippen LogP contribution in [0.2, 0.25) is 5.02 Å². The van der Waals surface area contributed by atoms with Gasteiger partial charge in [0.05, 0.1) is 35.9 Å². The highest BCUT2D eigenvalue weighted by Crippen LogP contribution is 2.38. The number of nitrogens with zero attached hydrogens (tertiary/aromatic N) is 2. The third-order valence-corrected chi connectivity index (χ3v) is 5.23. The van der Waals surface area contributed by atoms with Crippen LogP contribution in [-0.4, -0.2) is 29.3 Å². The number of nitrogens with one attached hydrogen (secondary N) is 1. The van der Waals surface area contributed by atoms with E-state index in [1.54, 1.807) is 12.1 Å². The van der Waals surface area contributed by atoms with Crippen molar-refractivity contribution in [1.29, 1.82) is 0 Å². The molecule has 2 aromatic carbocycles. The van der Waals surface area contributed by atoms with Gasteiger partial charge in [-0.3, -0.25) is 4.79 Å². The Balaban J connectivity index is 1.57. The first kappa shape index (κ1) is 21.2. The zero-order valence-electron chi connectivity index (χ0n) is 17.7. The molecule has 8 heteroatoms. The summed E-state index contributed by atoms with van der Waals surface area (Å²) in [5.74, 6) is 2.05. The third-order valence-electron chi connectivity index (χ3n) is 4.95. The van der Waals surface area contributed by atoms with Gasteiger partial charge in [0.1, 0.15) is 0 Å². The Labute approximate surface area is 185 Å². The number of aryl methyl sites for hydroxylation is 1. The number of anilines is 1. The van der Waals surface area contributed by atoms with E-state index in [2.05, 4.69) is 15.5 Å². The fourth-order valence-corrected chi connectivity index (χ4v) is 3.63. The van der Waals surface area contributed by atoms with E-state index < -0.39 is 0 Å². The molecule has 0 aliphatic carbocycles. The van der Waals surface area contributed by atoms with E-state index in [0.717, 1.165) is 17.5 Å². The molecule has 0 spiro atoms. The van der Waals surface area contributed by atoms with Gasteiger partial charge in [0, 0.05) is 12.3 Å². The number of rotatable bonds is 5. The van der Waals surface area contributed by atoms with Gasteiger partial charge in [-0.05, 0) is 36.2 Å². The van der Waals surface area contributed by atoms with Crippen molar-refractivity contribution < 1.29 is 18.8 Å². The first-order valence-electron chi connectivity index (χ1n) is 10.2. The van der Waals surface area contributed by atoms with E-state index in [4.69, 9.17) is 25.6 Å². The van der Waals surface area contributed by atoms with Crippen LogP contribution in [0, 0.1) is 6.92 Å². The second kappa shape index (κ2) is 8.98. The first-order chi connectivity index (χ1) is 14.9. The molecule has 1 N–H and O–H groups in total. The third kappa shape index (κ3) is 4.66. The summed E-state index contributed by atoms with van der Waals surface area (Å²) in [4.78, 5) is 17.4. The van der Waals surface area contributed by atoms with Gasteiger partial charge in [-0.1, -0.05) is 42.7 Å². The Bertz CT molecular complexity index is 1110. The summed E-state index contributed by atoms with van der Waals surface area (Å²) >= 11 is 6.36. The van der Waals surface area contributed by atoms with Gasteiger partial charge in [-0.25, -0.2) is 0 Å². The second-order valence-corrected chi connectivity index (χ2v) is 8.20. The zero-order chi connectivity index (χ0) is 22.0. The number of amides is 1. The van der Waals surface area contributed by atoms with E-state index in [-0.39, 0.29) is 18.2 Å². The maximum Gasteiger partial charge on any atom is 0.260 e. The molecule has 0 radical (unpaired) electrons. The number of benzene rings is 2. The molecule has 4 rings (SSSR count). The molecule has 0 unspecified atom stereocenters. The fourth-order valence-electron chi connectivity index (χ4n) is 3.35. The molecule has 1 amide bonds. The minimum absolute atomic E-state index is 0.130. The minimum Gasteiger partial charge on any atom is -0.489 e. The van der Waals surface area contributed by atoms with Crippen molar-refractivity contribution in [2.24, 2.45) is 0 Å². The number of carbonyl (C=O) groups is 1. The average molecular weight is 442 g/mol. The van der Waals surface area contributed by atoms with Gasteiger partial charge in [0.15, 0.2) is 17.3 Å². The standard InChI is InChI=1S/C23H24ClN3O4/c1-13(2)22-26-23(31-27-22)16-7-4-6-14(3)20(16)25-19(28)12-15-10-17(24)21-18(11-15)29-8-5-9-30-21/h4,6-7,10-11,13H,5,8-9,12H2,1-3H3,(H,25,28).